The van der Waals surface area contributed by atoms with Crippen molar-refractivity contribution in [3.05, 3.63) is 65.7 Å². The van der Waals surface area contributed by atoms with Crippen LogP contribution in [0.5, 0.6) is 0 Å². The second-order valence-electron chi connectivity index (χ2n) is 6.01. The number of nitrogens with one attached hydrogen (secondary N) is 2. The van der Waals surface area contributed by atoms with Gasteiger partial charge < -0.3 is 5.32 Å². The molecule has 2 aromatic carbocycles. The van der Waals surface area contributed by atoms with Crippen LogP contribution in [0.3, 0.4) is 0 Å². The number of carbonyl (C=O) groups is 2. The lowest BCUT2D eigenvalue weighted by atomic mass is 10.1. The lowest BCUT2D eigenvalue weighted by Crippen LogP contribution is -2.17. The Balaban J connectivity index is 1.75. The SMILES string of the molecule is CCCCC(=O)Nc1ccc(C(=O)N/N=C/CCc2ccccc2)cc1. The average Bonchev–Trinajstić information content (AvgIpc) is 2.67. The van der Waals surface area contributed by atoms with E-state index in [9.17, 15) is 9.59 Å². The summed E-state index contributed by atoms with van der Waals surface area (Å²) < 4.78 is 0. The molecule has 2 N–H and O–H groups in total. The molecule has 0 bridgehead atoms. The summed E-state index contributed by atoms with van der Waals surface area (Å²) in [5.74, 6) is -0.281. The minimum Gasteiger partial charge on any atom is -0.326 e. The molecule has 26 heavy (non-hydrogen) atoms. The van der Waals surface area contributed by atoms with Crippen molar-refractivity contribution in [1.29, 1.82) is 0 Å². The minimum absolute atomic E-state index is 0.00734. The molecule has 0 radical (unpaired) electrons. The van der Waals surface area contributed by atoms with E-state index in [1.165, 1.54) is 5.56 Å². The van der Waals surface area contributed by atoms with E-state index in [1.807, 2.05) is 25.1 Å². The molecule has 0 heterocycles. The minimum atomic E-state index is -0.273. The first-order valence-electron chi connectivity index (χ1n) is 8.94. The van der Waals surface area contributed by atoms with Gasteiger partial charge in [-0.2, -0.15) is 5.10 Å². The summed E-state index contributed by atoms with van der Waals surface area (Å²) in [5.41, 5.74) is 4.94. The number of anilines is 1. The quantitative estimate of drug-likeness (QED) is 0.526. The number of aryl methyl sites for hydroxylation is 1. The molecule has 2 amide bonds. The first-order valence-corrected chi connectivity index (χ1v) is 8.94. The summed E-state index contributed by atoms with van der Waals surface area (Å²) in [6, 6.07) is 16.9. The fourth-order valence-corrected chi connectivity index (χ4v) is 2.38. The van der Waals surface area contributed by atoms with Gasteiger partial charge in [-0.15, -0.1) is 0 Å². The van der Waals surface area contributed by atoms with Crippen molar-refractivity contribution < 1.29 is 9.59 Å². The van der Waals surface area contributed by atoms with Crippen LogP contribution in [0.1, 0.15) is 48.5 Å². The maximum atomic E-state index is 12.0. The molecule has 0 aromatic heterocycles. The zero-order valence-electron chi connectivity index (χ0n) is 15.1. The maximum Gasteiger partial charge on any atom is 0.271 e. The molecule has 0 aliphatic rings. The summed E-state index contributed by atoms with van der Waals surface area (Å²) in [7, 11) is 0. The predicted octanol–water partition coefficient (Wildman–Crippen LogP) is 4.16. The fraction of sp³-hybridized carbons (Fsp3) is 0.286. The summed E-state index contributed by atoms with van der Waals surface area (Å²) in [4.78, 5) is 23.7. The molecule has 0 unspecified atom stereocenters. The van der Waals surface area contributed by atoms with Gasteiger partial charge in [0.15, 0.2) is 0 Å². The van der Waals surface area contributed by atoms with Crippen LogP contribution in [0.15, 0.2) is 59.7 Å². The molecule has 0 spiro atoms. The summed E-state index contributed by atoms with van der Waals surface area (Å²) >= 11 is 0. The van der Waals surface area contributed by atoms with E-state index < -0.39 is 0 Å². The molecule has 0 aliphatic heterocycles. The number of carbonyl (C=O) groups excluding carboxylic acids is 2. The Morgan fingerprint density at radius 3 is 2.46 bits per heavy atom. The van der Waals surface area contributed by atoms with Gasteiger partial charge in [0.2, 0.25) is 5.91 Å². The monoisotopic (exact) mass is 351 g/mol. The van der Waals surface area contributed by atoms with Crippen molar-refractivity contribution in [1.82, 2.24) is 5.43 Å². The standard InChI is InChI=1S/C21H25N3O2/c1-2-3-11-20(25)23-19-14-12-18(13-15-19)21(26)24-22-16-7-10-17-8-5-4-6-9-17/h4-6,8-9,12-16H,2-3,7,10-11H2,1H3,(H,23,25)(H,24,26)/b22-16+. The molecule has 0 fully saturated rings. The van der Waals surface area contributed by atoms with Gasteiger partial charge >= 0.3 is 0 Å². The van der Waals surface area contributed by atoms with Crippen molar-refractivity contribution >= 4 is 23.7 Å². The number of hydrogen-bond donors (Lipinski definition) is 2. The van der Waals surface area contributed by atoms with E-state index in [0.29, 0.717) is 17.7 Å². The number of amides is 2. The second kappa shape index (κ2) is 10.8. The highest BCUT2D eigenvalue weighted by Crippen LogP contribution is 2.10. The Morgan fingerprint density at radius 2 is 1.77 bits per heavy atom. The molecule has 2 aromatic rings. The van der Waals surface area contributed by atoms with E-state index >= 15 is 0 Å². The topological polar surface area (TPSA) is 70.6 Å². The smallest absolute Gasteiger partial charge is 0.271 e. The zero-order chi connectivity index (χ0) is 18.6. The van der Waals surface area contributed by atoms with E-state index in [4.69, 9.17) is 0 Å². The van der Waals surface area contributed by atoms with Crippen molar-refractivity contribution in [2.75, 3.05) is 5.32 Å². The van der Waals surface area contributed by atoms with Crippen LogP contribution in [0.4, 0.5) is 5.69 Å². The molecule has 5 heteroatoms. The highest BCUT2D eigenvalue weighted by molar-refractivity contribution is 5.95. The number of hydrogen-bond acceptors (Lipinski definition) is 3. The Bertz CT molecular complexity index is 725. The first-order chi connectivity index (χ1) is 12.7. The number of hydrazone groups is 1. The lowest BCUT2D eigenvalue weighted by Gasteiger charge is -2.05. The van der Waals surface area contributed by atoms with Crippen molar-refractivity contribution in [3.8, 4) is 0 Å². The maximum absolute atomic E-state index is 12.0. The largest absolute Gasteiger partial charge is 0.326 e. The van der Waals surface area contributed by atoms with Crippen LogP contribution in [0.2, 0.25) is 0 Å². The Kier molecular flexibility index (Phi) is 8.06. The second-order valence-corrected chi connectivity index (χ2v) is 6.01. The van der Waals surface area contributed by atoms with E-state index in [0.717, 1.165) is 25.7 Å². The lowest BCUT2D eigenvalue weighted by molar-refractivity contribution is -0.116. The summed E-state index contributed by atoms with van der Waals surface area (Å²) in [6.07, 6.45) is 5.70. The summed E-state index contributed by atoms with van der Waals surface area (Å²) in [5, 5.41) is 6.79. The molecule has 136 valence electrons. The molecule has 0 aliphatic carbocycles. The normalized spacial score (nSPS) is 10.7. The van der Waals surface area contributed by atoms with E-state index in [2.05, 4.69) is 28.0 Å². The third kappa shape index (κ3) is 6.89. The molecule has 0 atom stereocenters. The number of nitrogens with zero attached hydrogens (tertiary/aromatic N) is 1. The van der Waals surface area contributed by atoms with Crippen molar-refractivity contribution in [2.45, 2.75) is 39.0 Å². The Hall–Kier alpha value is -2.95. The van der Waals surface area contributed by atoms with Gasteiger partial charge in [-0.1, -0.05) is 43.7 Å². The van der Waals surface area contributed by atoms with E-state index in [1.54, 1.807) is 30.5 Å². The number of rotatable bonds is 9. The van der Waals surface area contributed by atoms with Crippen LogP contribution in [0.25, 0.3) is 0 Å². The van der Waals surface area contributed by atoms with E-state index in [-0.39, 0.29) is 11.8 Å². The van der Waals surface area contributed by atoms with Crippen LogP contribution in [-0.4, -0.2) is 18.0 Å². The van der Waals surface area contributed by atoms with Gasteiger partial charge in [-0.05, 0) is 49.1 Å². The van der Waals surface area contributed by atoms with Gasteiger partial charge in [-0.3, -0.25) is 9.59 Å². The predicted molar refractivity (Wildman–Crippen MR) is 105 cm³/mol. The molecule has 0 saturated carbocycles. The molecule has 5 nitrogen and oxygen atoms in total. The van der Waals surface area contributed by atoms with Crippen molar-refractivity contribution in [3.63, 3.8) is 0 Å². The highest BCUT2D eigenvalue weighted by atomic mass is 16.2. The van der Waals surface area contributed by atoms with Crippen LogP contribution < -0.4 is 10.7 Å². The molecule has 2 rings (SSSR count). The van der Waals surface area contributed by atoms with Crippen molar-refractivity contribution in [2.24, 2.45) is 5.10 Å². The Morgan fingerprint density at radius 1 is 1.04 bits per heavy atom. The van der Waals surface area contributed by atoms with Gasteiger partial charge in [-0.25, -0.2) is 5.43 Å². The molecular weight excluding hydrogens is 326 g/mol. The third-order valence-corrected chi connectivity index (χ3v) is 3.85. The average molecular weight is 351 g/mol. The highest BCUT2D eigenvalue weighted by Gasteiger charge is 2.05. The third-order valence-electron chi connectivity index (χ3n) is 3.85. The van der Waals surface area contributed by atoms with Crippen LogP contribution in [-0.2, 0) is 11.2 Å². The van der Waals surface area contributed by atoms with Gasteiger partial charge in [0.05, 0.1) is 0 Å². The molecular formula is C21H25N3O2. The van der Waals surface area contributed by atoms with Crippen LogP contribution >= 0.6 is 0 Å². The van der Waals surface area contributed by atoms with Gasteiger partial charge in [0, 0.05) is 23.9 Å². The number of unbranched alkanes of at least 4 members (excludes halogenated alkanes) is 1. The molecule has 0 saturated heterocycles. The first kappa shape index (κ1) is 19.4. The zero-order valence-corrected chi connectivity index (χ0v) is 15.1. The van der Waals surface area contributed by atoms with Crippen LogP contribution in [0, 0.1) is 0 Å². The van der Waals surface area contributed by atoms with Gasteiger partial charge in [0.25, 0.3) is 5.91 Å². The number of benzene rings is 2. The Labute approximate surface area is 154 Å². The fourth-order valence-electron chi connectivity index (χ4n) is 2.38. The van der Waals surface area contributed by atoms with Gasteiger partial charge in [0.1, 0.15) is 0 Å². The summed E-state index contributed by atoms with van der Waals surface area (Å²) in [6.45, 7) is 2.05.